The zero-order valence-corrected chi connectivity index (χ0v) is 18.8. The molecule has 2 aromatic carbocycles. The summed E-state index contributed by atoms with van der Waals surface area (Å²) < 4.78 is 13.6. The van der Waals surface area contributed by atoms with Gasteiger partial charge in [0.1, 0.15) is 5.82 Å². The zero-order valence-electron chi connectivity index (χ0n) is 18.1. The minimum Gasteiger partial charge on any atom is -0.358 e. The van der Waals surface area contributed by atoms with E-state index in [1.54, 1.807) is 18.2 Å². The fourth-order valence-electron chi connectivity index (χ4n) is 4.41. The van der Waals surface area contributed by atoms with Crippen LogP contribution in [0.1, 0.15) is 29.7 Å². The van der Waals surface area contributed by atoms with Crippen LogP contribution in [0.5, 0.6) is 0 Å². The van der Waals surface area contributed by atoms with Crippen molar-refractivity contribution >= 4 is 34.3 Å². The fraction of sp³-hybridized carbons (Fsp3) is 0.360. The topological polar surface area (TPSA) is 65.2 Å². The third-order valence-electron chi connectivity index (χ3n) is 6.24. The molecule has 1 aliphatic heterocycles. The summed E-state index contributed by atoms with van der Waals surface area (Å²) in [4.78, 5) is 30.3. The molecule has 5 nitrogen and oxygen atoms in total. The van der Waals surface area contributed by atoms with E-state index in [9.17, 15) is 14.0 Å². The third kappa shape index (κ3) is 5.13. The van der Waals surface area contributed by atoms with E-state index in [0.717, 1.165) is 27.7 Å². The zero-order chi connectivity index (χ0) is 22.7. The van der Waals surface area contributed by atoms with Gasteiger partial charge in [0.25, 0.3) is 0 Å². The molecule has 1 aromatic heterocycles. The number of aromatic nitrogens is 1. The normalized spacial score (nSPS) is 14.7. The van der Waals surface area contributed by atoms with Crippen LogP contribution in [0.25, 0.3) is 10.9 Å². The number of rotatable bonds is 6. The van der Waals surface area contributed by atoms with Crippen LogP contribution >= 0.6 is 11.6 Å². The highest BCUT2D eigenvalue weighted by Crippen LogP contribution is 2.24. The molecule has 32 heavy (non-hydrogen) atoms. The van der Waals surface area contributed by atoms with Crippen molar-refractivity contribution in [1.82, 2.24) is 15.2 Å². The van der Waals surface area contributed by atoms with E-state index in [1.165, 1.54) is 12.1 Å². The number of halogens is 2. The highest BCUT2D eigenvalue weighted by molar-refractivity contribution is 6.30. The molecule has 1 aliphatic rings. The molecular formula is C25H27ClFN3O2. The van der Waals surface area contributed by atoms with Crippen LogP contribution in [0.4, 0.5) is 4.39 Å². The molecule has 0 atom stereocenters. The van der Waals surface area contributed by atoms with Gasteiger partial charge in [-0.05, 0) is 67.6 Å². The third-order valence-corrected chi connectivity index (χ3v) is 6.49. The van der Waals surface area contributed by atoms with Crippen molar-refractivity contribution in [3.05, 3.63) is 70.1 Å². The summed E-state index contributed by atoms with van der Waals surface area (Å²) in [5, 5.41) is 4.54. The van der Waals surface area contributed by atoms with E-state index in [4.69, 9.17) is 11.6 Å². The molecule has 2 heterocycles. The molecule has 0 bridgehead atoms. The van der Waals surface area contributed by atoms with Gasteiger partial charge in [0, 0.05) is 47.2 Å². The van der Waals surface area contributed by atoms with E-state index in [2.05, 4.69) is 10.3 Å². The summed E-state index contributed by atoms with van der Waals surface area (Å²) in [6.07, 6.45) is 2.31. The quantitative estimate of drug-likeness (QED) is 0.578. The molecule has 1 fully saturated rings. The monoisotopic (exact) mass is 455 g/mol. The number of carbonyl (C=O) groups excluding carboxylic acids is 2. The van der Waals surface area contributed by atoms with Crippen molar-refractivity contribution in [1.29, 1.82) is 0 Å². The van der Waals surface area contributed by atoms with Crippen molar-refractivity contribution in [2.24, 2.45) is 5.92 Å². The molecule has 3 aromatic rings. The number of likely N-dealkylation sites (tertiary alicyclic amines) is 1. The molecule has 0 saturated carbocycles. The van der Waals surface area contributed by atoms with Gasteiger partial charge in [-0.1, -0.05) is 23.7 Å². The lowest BCUT2D eigenvalue weighted by Gasteiger charge is -2.31. The van der Waals surface area contributed by atoms with Crippen molar-refractivity contribution < 1.29 is 14.0 Å². The van der Waals surface area contributed by atoms with Crippen molar-refractivity contribution in [3.8, 4) is 0 Å². The predicted molar refractivity (Wildman–Crippen MR) is 124 cm³/mol. The van der Waals surface area contributed by atoms with Gasteiger partial charge < -0.3 is 15.2 Å². The number of piperidine rings is 1. The minimum absolute atomic E-state index is 0.0264. The van der Waals surface area contributed by atoms with Gasteiger partial charge in [0.05, 0.1) is 6.42 Å². The Hall–Kier alpha value is -2.86. The van der Waals surface area contributed by atoms with E-state index < -0.39 is 0 Å². The molecule has 0 radical (unpaired) electrons. The summed E-state index contributed by atoms with van der Waals surface area (Å²) in [5.74, 6) is -0.248. The second kappa shape index (κ2) is 9.74. The number of carbonyl (C=O) groups is 2. The Morgan fingerprint density at radius 3 is 2.59 bits per heavy atom. The number of amides is 2. The Morgan fingerprint density at radius 2 is 1.88 bits per heavy atom. The lowest BCUT2D eigenvalue weighted by molar-refractivity contribution is -0.135. The fourth-order valence-corrected chi connectivity index (χ4v) is 4.54. The van der Waals surface area contributed by atoms with Crippen molar-refractivity contribution in [2.45, 2.75) is 32.6 Å². The highest BCUT2D eigenvalue weighted by atomic mass is 35.5. The lowest BCUT2D eigenvalue weighted by Crippen LogP contribution is -2.43. The van der Waals surface area contributed by atoms with E-state index >= 15 is 0 Å². The van der Waals surface area contributed by atoms with Crippen LogP contribution in [-0.2, 0) is 22.4 Å². The summed E-state index contributed by atoms with van der Waals surface area (Å²) in [6, 6.07) is 12.0. The van der Waals surface area contributed by atoms with Gasteiger partial charge in [0.2, 0.25) is 11.8 Å². The van der Waals surface area contributed by atoms with Gasteiger partial charge in [0.15, 0.2) is 0 Å². The molecule has 1 saturated heterocycles. The maximum absolute atomic E-state index is 13.6. The number of hydrogen-bond acceptors (Lipinski definition) is 2. The first-order chi connectivity index (χ1) is 15.4. The Balaban J connectivity index is 1.24. The second-order valence-corrected chi connectivity index (χ2v) is 8.85. The Bertz CT molecular complexity index is 1120. The molecule has 7 heteroatoms. The van der Waals surface area contributed by atoms with Crippen LogP contribution < -0.4 is 5.32 Å². The standard InChI is InChI=1S/C25H27ClFN3O2/c1-16-21(22-15-20(27)6-7-23(22)29-16)8-11-28-25(32)18-9-12-30(13-10-18)24(31)14-17-2-4-19(26)5-3-17/h2-7,15,18,29H,8-14H2,1H3,(H,28,32). The molecule has 0 spiro atoms. The van der Waals surface area contributed by atoms with E-state index in [-0.39, 0.29) is 23.5 Å². The summed E-state index contributed by atoms with van der Waals surface area (Å²) in [6.45, 7) is 3.64. The Labute approximate surface area is 191 Å². The number of aryl methyl sites for hydroxylation is 1. The number of hydrogen-bond donors (Lipinski definition) is 2. The second-order valence-electron chi connectivity index (χ2n) is 8.42. The maximum Gasteiger partial charge on any atom is 0.226 e. The first-order valence-electron chi connectivity index (χ1n) is 11.0. The van der Waals surface area contributed by atoms with Crippen LogP contribution in [0, 0.1) is 18.7 Å². The lowest BCUT2D eigenvalue weighted by atomic mass is 9.95. The van der Waals surface area contributed by atoms with Crippen molar-refractivity contribution in [2.75, 3.05) is 19.6 Å². The summed E-state index contributed by atoms with van der Waals surface area (Å²) >= 11 is 5.90. The SMILES string of the molecule is Cc1[nH]c2ccc(F)cc2c1CCNC(=O)C1CCN(C(=O)Cc2ccc(Cl)cc2)CC1. The van der Waals surface area contributed by atoms with Gasteiger partial charge in [-0.3, -0.25) is 9.59 Å². The maximum atomic E-state index is 13.6. The van der Waals surface area contributed by atoms with Gasteiger partial charge in [-0.15, -0.1) is 0 Å². The van der Waals surface area contributed by atoms with Crippen LogP contribution in [-0.4, -0.2) is 41.3 Å². The van der Waals surface area contributed by atoms with E-state index in [0.29, 0.717) is 50.3 Å². The molecule has 2 amide bonds. The number of H-pyrrole nitrogens is 1. The Kier molecular flexibility index (Phi) is 6.80. The number of benzene rings is 2. The molecule has 4 rings (SSSR count). The largest absolute Gasteiger partial charge is 0.358 e. The Morgan fingerprint density at radius 1 is 1.16 bits per heavy atom. The molecule has 0 aliphatic carbocycles. The smallest absolute Gasteiger partial charge is 0.226 e. The first kappa shape index (κ1) is 22.3. The number of nitrogens with one attached hydrogen (secondary N) is 2. The van der Waals surface area contributed by atoms with Crippen LogP contribution in [0.3, 0.4) is 0 Å². The number of nitrogens with zero attached hydrogens (tertiary/aromatic N) is 1. The van der Waals surface area contributed by atoms with E-state index in [1.807, 2.05) is 24.0 Å². The average Bonchev–Trinajstić information content (AvgIpc) is 3.09. The average molecular weight is 456 g/mol. The van der Waals surface area contributed by atoms with Gasteiger partial charge in [-0.2, -0.15) is 0 Å². The number of fused-ring (bicyclic) bond motifs is 1. The summed E-state index contributed by atoms with van der Waals surface area (Å²) in [7, 11) is 0. The molecule has 2 N–H and O–H groups in total. The van der Waals surface area contributed by atoms with Gasteiger partial charge in [-0.25, -0.2) is 4.39 Å². The van der Waals surface area contributed by atoms with Crippen LogP contribution in [0.2, 0.25) is 5.02 Å². The predicted octanol–water partition coefficient (Wildman–Crippen LogP) is 4.41. The molecule has 0 unspecified atom stereocenters. The molecular weight excluding hydrogens is 429 g/mol. The summed E-state index contributed by atoms with van der Waals surface area (Å²) in [5.41, 5.74) is 3.86. The first-order valence-corrected chi connectivity index (χ1v) is 11.3. The number of aromatic amines is 1. The van der Waals surface area contributed by atoms with Gasteiger partial charge >= 0.3 is 0 Å². The van der Waals surface area contributed by atoms with Crippen LogP contribution in [0.15, 0.2) is 42.5 Å². The highest BCUT2D eigenvalue weighted by Gasteiger charge is 2.27. The minimum atomic E-state index is -0.265. The van der Waals surface area contributed by atoms with Crippen molar-refractivity contribution in [3.63, 3.8) is 0 Å². The molecule has 168 valence electrons.